The van der Waals surface area contributed by atoms with E-state index in [0.29, 0.717) is 5.69 Å². The number of rotatable bonds is 4. The minimum Gasteiger partial charge on any atom is -0.507 e. The number of phenols is 3. The molecule has 6 N–H and O–H groups in total. The number of allylic oxidation sites excluding steroid dienone is 2. The second kappa shape index (κ2) is 17.7. The zero-order valence-electron chi connectivity index (χ0n) is 34.9. The number of nitrogens with one attached hydrogen (secondary N) is 1. The molecule has 0 aliphatic carbocycles. The molecule has 0 saturated carbocycles. The van der Waals surface area contributed by atoms with Crippen molar-refractivity contribution in [1.29, 1.82) is 0 Å². The number of benzene rings is 3. The summed E-state index contributed by atoms with van der Waals surface area (Å²) in [7, 11) is 1.43. The minimum absolute atomic E-state index is 0.0442. The standard InChI is InChI=1S/C45H54N2O12/c1-21-13-11-16-29(19-21)46-20-30-35-40(53)33-32(39(30)52)34-42(27(7)38(33)51)59-45(9,43(34)54)57-18-17-31(56-10)24(4)41(58-28(8)48)26(6)37(50)25(5)36(49)22(2)14-12-15-23(3)44(55)47-35/h11-20,22,24-26,31,36-37,41,49-53H,1-10H3,(H,47,55). The maximum Gasteiger partial charge on any atom is 0.312 e. The number of carbonyl (C=O) groups excluding carboxylic acids is 3. The molecule has 0 fully saturated rings. The van der Waals surface area contributed by atoms with E-state index < -0.39 is 88.8 Å². The van der Waals surface area contributed by atoms with Gasteiger partial charge in [0, 0.05) is 67.4 Å². The summed E-state index contributed by atoms with van der Waals surface area (Å²) in [6, 6.07) is 7.15. The van der Waals surface area contributed by atoms with Gasteiger partial charge in [-0.3, -0.25) is 19.4 Å². The van der Waals surface area contributed by atoms with E-state index in [-0.39, 0.29) is 44.5 Å². The highest BCUT2D eigenvalue weighted by Crippen LogP contribution is 2.55. The van der Waals surface area contributed by atoms with Crippen molar-refractivity contribution in [3.8, 4) is 23.0 Å². The number of phenolic OH excluding ortho intramolecular Hbond substituents is 3. The van der Waals surface area contributed by atoms with Gasteiger partial charge in [0.25, 0.3) is 11.7 Å². The van der Waals surface area contributed by atoms with E-state index in [1.807, 2.05) is 13.0 Å². The average Bonchev–Trinajstić information content (AvgIpc) is 3.46. The van der Waals surface area contributed by atoms with Gasteiger partial charge in [-0.1, -0.05) is 58.1 Å². The van der Waals surface area contributed by atoms with Crippen LogP contribution in [0.25, 0.3) is 10.8 Å². The number of aliphatic imine (C=N–C) groups is 1. The molecule has 316 valence electrons. The summed E-state index contributed by atoms with van der Waals surface area (Å²) in [6.45, 7) is 14.3. The van der Waals surface area contributed by atoms with Crippen molar-refractivity contribution in [2.75, 3.05) is 12.4 Å². The number of carbonyl (C=O) groups is 3. The molecule has 3 aromatic rings. The quantitative estimate of drug-likeness (QED) is 0.0694. The van der Waals surface area contributed by atoms with Gasteiger partial charge in [0.05, 0.1) is 52.5 Å². The van der Waals surface area contributed by atoms with Gasteiger partial charge in [0.15, 0.2) is 5.75 Å². The Bertz CT molecular complexity index is 2260. The highest BCUT2D eigenvalue weighted by Gasteiger charge is 2.50. The first kappa shape index (κ1) is 44.4. The third-order valence-electron chi connectivity index (χ3n) is 11.4. The Morgan fingerprint density at radius 2 is 1.63 bits per heavy atom. The summed E-state index contributed by atoms with van der Waals surface area (Å²) < 4.78 is 23.6. The molecular formula is C45H54N2O12. The largest absolute Gasteiger partial charge is 0.507 e. The lowest BCUT2D eigenvalue weighted by atomic mass is 9.78. The number of aryl methyl sites for hydroxylation is 1. The second-order valence-electron chi connectivity index (χ2n) is 15.7. The Morgan fingerprint density at radius 3 is 2.27 bits per heavy atom. The summed E-state index contributed by atoms with van der Waals surface area (Å²) in [5.74, 6) is -8.49. The van der Waals surface area contributed by atoms with E-state index in [1.165, 1.54) is 59.4 Å². The fraction of sp³-hybridized carbons (Fsp3) is 0.422. The SMILES string of the molecule is COC1C=COC2(C)Oc3c(C)c(O)c4c(O)c(c(C=Nc5cccc(C)c5)c(O)c4c3C2=O)NC(=O)C(C)=CC=CC(C)C(O)C(C)C(O)C(C)C(OC(C)=O)C1C. The molecule has 14 heteroatoms. The van der Waals surface area contributed by atoms with E-state index in [1.54, 1.807) is 58.0 Å². The van der Waals surface area contributed by atoms with Crippen molar-refractivity contribution in [3.63, 3.8) is 0 Å². The molecule has 0 radical (unpaired) electrons. The Labute approximate surface area is 343 Å². The number of nitrogens with zero attached hydrogens (tertiary/aromatic N) is 1. The number of Topliss-reactive ketones (excluding diaryl/α,β-unsaturated/α-hetero) is 1. The lowest BCUT2D eigenvalue weighted by molar-refractivity contribution is -0.160. The summed E-state index contributed by atoms with van der Waals surface area (Å²) in [5, 5.41) is 60.4. The minimum atomic E-state index is -2.05. The number of anilines is 1. The first-order valence-electron chi connectivity index (χ1n) is 19.4. The lowest BCUT2D eigenvalue weighted by Gasteiger charge is -2.38. The fourth-order valence-electron chi connectivity index (χ4n) is 7.72. The van der Waals surface area contributed by atoms with Crippen molar-refractivity contribution in [2.45, 2.75) is 92.5 Å². The molecular weight excluding hydrogens is 760 g/mol. The fourth-order valence-corrected chi connectivity index (χ4v) is 7.72. The van der Waals surface area contributed by atoms with E-state index in [4.69, 9.17) is 18.9 Å². The number of methoxy groups -OCH3 is 1. The van der Waals surface area contributed by atoms with E-state index in [2.05, 4.69) is 10.3 Å². The number of aliphatic hydroxyl groups excluding tert-OH is 2. The third kappa shape index (κ3) is 8.70. The van der Waals surface area contributed by atoms with Gasteiger partial charge in [-0.25, -0.2) is 0 Å². The van der Waals surface area contributed by atoms with E-state index in [9.17, 15) is 39.9 Å². The number of aromatic hydroxyl groups is 3. The molecule has 0 spiro atoms. The van der Waals surface area contributed by atoms with Crippen LogP contribution in [0.15, 0.2) is 65.4 Å². The maximum absolute atomic E-state index is 14.4. The Morgan fingerprint density at radius 1 is 0.932 bits per heavy atom. The predicted molar refractivity (Wildman–Crippen MR) is 222 cm³/mol. The van der Waals surface area contributed by atoms with Crippen molar-refractivity contribution >= 4 is 46.0 Å². The van der Waals surface area contributed by atoms with Crippen LogP contribution < -0.4 is 10.1 Å². The highest BCUT2D eigenvalue weighted by molar-refractivity contribution is 6.24. The number of fused-ring (bicyclic) bond motifs is 14. The van der Waals surface area contributed by atoms with Gasteiger partial charge in [0.1, 0.15) is 23.4 Å². The van der Waals surface area contributed by atoms with Crippen LogP contribution in [0.2, 0.25) is 0 Å². The van der Waals surface area contributed by atoms with Crippen LogP contribution in [0, 0.1) is 37.5 Å². The molecule has 1 amide bonds. The topological polar surface area (TPSA) is 214 Å². The molecule has 9 atom stereocenters. The molecule has 3 aromatic carbocycles. The number of amides is 1. The number of ether oxygens (including phenoxy) is 4. The van der Waals surface area contributed by atoms with Gasteiger partial charge in [-0.15, -0.1) is 0 Å². The van der Waals surface area contributed by atoms with E-state index in [0.717, 1.165) is 5.56 Å². The molecule has 6 rings (SSSR count). The number of hydrogen-bond acceptors (Lipinski definition) is 13. The monoisotopic (exact) mass is 814 g/mol. The van der Waals surface area contributed by atoms with Crippen LogP contribution in [0.3, 0.4) is 0 Å². The zero-order valence-corrected chi connectivity index (χ0v) is 34.9. The molecule has 3 aliphatic rings. The van der Waals surface area contributed by atoms with Gasteiger partial charge in [-0.05, 0) is 44.5 Å². The van der Waals surface area contributed by atoms with Crippen LogP contribution in [0.5, 0.6) is 23.0 Å². The number of esters is 1. The second-order valence-corrected chi connectivity index (χ2v) is 15.7. The first-order chi connectivity index (χ1) is 27.7. The van der Waals surface area contributed by atoms with Gasteiger partial charge in [0.2, 0.25) is 0 Å². The van der Waals surface area contributed by atoms with Gasteiger partial charge < -0.3 is 49.8 Å². The van der Waals surface area contributed by atoms with Gasteiger partial charge >= 0.3 is 11.8 Å². The van der Waals surface area contributed by atoms with E-state index >= 15 is 0 Å². The molecule has 59 heavy (non-hydrogen) atoms. The number of aliphatic hydroxyl groups is 2. The van der Waals surface area contributed by atoms with Crippen LogP contribution in [-0.4, -0.2) is 86.7 Å². The third-order valence-corrected chi connectivity index (χ3v) is 11.4. The Balaban J connectivity index is 1.73. The molecule has 14 nitrogen and oxygen atoms in total. The number of hydrogen-bond donors (Lipinski definition) is 6. The summed E-state index contributed by atoms with van der Waals surface area (Å²) in [6.07, 6.45) is 4.74. The van der Waals surface area contributed by atoms with Crippen LogP contribution in [0.4, 0.5) is 11.4 Å². The van der Waals surface area contributed by atoms with Crippen molar-refractivity contribution < 1.29 is 58.9 Å². The average molecular weight is 815 g/mol. The highest BCUT2D eigenvalue weighted by atomic mass is 16.7. The number of ketones is 1. The molecule has 3 aliphatic heterocycles. The van der Waals surface area contributed by atoms with Crippen LogP contribution in [-0.2, 0) is 23.8 Å². The smallest absolute Gasteiger partial charge is 0.312 e. The van der Waals surface area contributed by atoms with Crippen molar-refractivity contribution in [2.24, 2.45) is 28.7 Å². The predicted octanol–water partition coefficient (Wildman–Crippen LogP) is 6.81. The lowest BCUT2D eigenvalue weighted by Crippen LogP contribution is -2.46. The van der Waals surface area contributed by atoms with Gasteiger partial charge in [-0.2, -0.15) is 0 Å². The zero-order chi connectivity index (χ0) is 43.7. The molecule has 5 bridgehead atoms. The summed E-state index contributed by atoms with van der Waals surface area (Å²) in [4.78, 5) is 45.0. The van der Waals surface area contributed by atoms with Crippen molar-refractivity contribution in [3.05, 3.63) is 82.7 Å². The molecule has 0 aromatic heterocycles. The maximum atomic E-state index is 14.4. The van der Waals surface area contributed by atoms with Crippen molar-refractivity contribution in [1.82, 2.24) is 0 Å². The Kier molecular flexibility index (Phi) is 13.3. The molecule has 9 unspecified atom stereocenters. The Hall–Kier alpha value is -5.70. The summed E-state index contributed by atoms with van der Waals surface area (Å²) in [5.41, 5.74) is 0.925. The normalized spacial score (nSPS) is 28.1. The van der Waals surface area contributed by atoms with Crippen LogP contribution in [0.1, 0.15) is 75.5 Å². The van der Waals surface area contributed by atoms with Crippen LogP contribution >= 0.6 is 0 Å². The summed E-state index contributed by atoms with van der Waals surface area (Å²) >= 11 is 0. The molecule has 3 heterocycles. The molecule has 0 saturated heterocycles. The first-order valence-corrected chi connectivity index (χ1v) is 19.4.